The molecule has 1 heterocycles. The summed E-state index contributed by atoms with van der Waals surface area (Å²) >= 11 is 0. The molecule has 1 saturated heterocycles. The fourth-order valence-corrected chi connectivity index (χ4v) is 4.87. The SMILES string of the molecule is O=C(O)CNC(=O)C1C(=O)N(Cc2ccc(-c3ccccc3)cc2)C2(CCCCC2)C1=O. The first-order chi connectivity index (χ1) is 15.4. The molecule has 1 unspecified atom stereocenters. The zero-order valence-electron chi connectivity index (χ0n) is 17.8. The monoisotopic (exact) mass is 434 g/mol. The van der Waals surface area contributed by atoms with Crippen LogP contribution < -0.4 is 5.32 Å². The van der Waals surface area contributed by atoms with Crippen molar-refractivity contribution in [1.29, 1.82) is 0 Å². The van der Waals surface area contributed by atoms with Gasteiger partial charge in [-0.3, -0.25) is 19.2 Å². The molecular formula is C25H26N2O5. The molecule has 2 aromatic carbocycles. The van der Waals surface area contributed by atoms with Crippen molar-refractivity contribution in [3.8, 4) is 11.1 Å². The minimum atomic E-state index is -1.48. The van der Waals surface area contributed by atoms with E-state index in [4.69, 9.17) is 5.11 Å². The smallest absolute Gasteiger partial charge is 0.322 e. The number of aliphatic carboxylic acids is 1. The number of hydrogen-bond acceptors (Lipinski definition) is 4. The van der Waals surface area contributed by atoms with E-state index in [0.717, 1.165) is 36.0 Å². The van der Waals surface area contributed by atoms with Gasteiger partial charge in [-0.1, -0.05) is 73.9 Å². The fourth-order valence-electron chi connectivity index (χ4n) is 4.87. The lowest BCUT2D eigenvalue weighted by Crippen LogP contribution is -2.50. The van der Waals surface area contributed by atoms with Gasteiger partial charge in [0.25, 0.3) is 0 Å². The Balaban J connectivity index is 1.59. The van der Waals surface area contributed by atoms with Crippen LogP contribution in [0.2, 0.25) is 0 Å². The maximum atomic E-state index is 13.3. The van der Waals surface area contributed by atoms with E-state index in [0.29, 0.717) is 12.8 Å². The van der Waals surface area contributed by atoms with Gasteiger partial charge in [0.2, 0.25) is 11.8 Å². The number of rotatable bonds is 6. The third kappa shape index (κ3) is 4.02. The average Bonchev–Trinajstić information content (AvgIpc) is 3.00. The van der Waals surface area contributed by atoms with E-state index in [1.54, 1.807) is 4.90 Å². The quantitative estimate of drug-likeness (QED) is 0.681. The maximum absolute atomic E-state index is 13.3. The van der Waals surface area contributed by atoms with Crippen molar-refractivity contribution in [2.75, 3.05) is 6.54 Å². The van der Waals surface area contributed by atoms with Crippen molar-refractivity contribution in [1.82, 2.24) is 10.2 Å². The lowest BCUT2D eigenvalue weighted by molar-refractivity contribution is -0.143. The number of carbonyl (C=O) groups is 4. The number of hydrogen-bond donors (Lipinski definition) is 2. The summed E-state index contributed by atoms with van der Waals surface area (Å²) in [6, 6.07) is 17.8. The first-order valence-electron chi connectivity index (χ1n) is 10.9. The van der Waals surface area contributed by atoms with E-state index in [2.05, 4.69) is 5.32 Å². The van der Waals surface area contributed by atoms with Gasteiger partial charge in [0, 0.05) is 6.54 Å². The first-order valence-corrected chi connectivity index (χ1v) is 10.9. The minimum absolute atomic E-state index is 0.238. The van der Waals surface area contributed by atoms with Crippen LogP contribution in [-0.4, -0.2) is 45.7 Å². The highest BCUT2D eigenvalue weighted by molar-refractivity contribution is 6.25. The highest BCUT2D eigenvalue weighted by Gasteiger charge is 2.60. The molecule has 1 spiro atoms. The van der Waals surface area contributed by atoms with Crippen LogP contribution in [0.1, 0.15) is 37.7 Å². The zero-order chi connectivity index (χ0) is 22.7. The van der Waals surface area contributed by atoms with E-state index < -0.39 is 41.6 Å². The standard InChI is InChI=1S/C25H26N2O5/c28-20(29)15-26-23(31)21-22(30)25(13-5-2-6-14-25)27(24(21)32)16-17-9-11-19(12-10-17)18-7-3-1-4-8-18/h1,3-4,7-12,21H,2,5-6,13-16H2,(H,26,31)(H,28,29). The predicted molar refractivity (Wildman–Crippen MR) is 117 cm³/mol. The van der Waals surface area contributed by atoms with E-state index >= 15 is 0 Å². The third-order valence-electron chi connectivity index (χ3n) is 6.51. The Morgan fingerprint density at radius 2 is 1.56 bits per heavy atom. The molecule has 1 aliphatic carbocycles. The molecule has 2 aromatic rings. The number of likely N-dealkylation sites (tertiary alicyclic amines) is 1. The number of Topliss-reactive ketones (excluding diaryl/α,β-unsaturated/α-hetero) is 1. The normalized spacial score (nSPS) is 19.9. The molecule has 1 atom stereocenters. The van der Waals surface area contributed by atoms with E-state index in [9.17, 15) is 19.2 Å². The lowest BCUT2D eigenvalue weighted by atomic mass is 9.77. The van der Waals surface area contributed by atoms with Crippen LogP contribution >= 0.6 is 0 Å². The second kappa shape index (κ2) is 8.94. The number of amides is 2. The zero-order valence-corrected chi connectivity index (χ0v) is 17.8. The number of benzene rings is 2. The summed E-state index contributed by atoms with van der Waals surface area (Å²) in [6.07, 6.45) is 3.67. The molecular weight excluding hydrogens is 408 g/mol. The summed E-state index contributed by atoms with van der Waals surface area (Å²) in [4.78, 5) is 51.6. The van der Waals surface area contributed by atoms with Crippen LogP contribution in [0.25, 0.3) is 11.1 Å². The Morgan fingerprint density at radius 3 is 2.19 bits per heavy atom. The van der Waals surface area contributed by atoms with Crippen molar-refractivity contribution < 1.29 is 24.3 Å². The van der Waals surface area contributed by atoms with Crippen LogP contribution in [0, 0.1) is 5.92 Å². The van der Waals surface area contributed by atoms with Gasteiger partial charge in [-0.25, -0.2) is 0 Å². The topological polar surface area (TPSA) is 104 Å². The van der Waals surface area contributed by atoms with Gasteiger partial charge in [0.15, 0.2) is 11.7 Å². The van der Waals surface area contributed by atoms with E-state index in [-0.39, 0.29) is 6.54 Å². The van der Waals surface area contributed by atoms with Crippen LogP contribution in [0.5, 0.6) is 0 Å². The minimum Gasteiger partial charge on any atom is -0.480 e. The molecule has 2 amide bonds. The highest BCUT2D eigenvalue weighted by Crippen LogP contribution is 2.43. The van der Waals surface area contributed by atoms with Crippen LogP contribution in [0.4, 0.5) is 0 Å². The Morgan fingerprint density at radius 1 is 0.938 bits per heavy atom. The number of nitrogens with zero attached hydrogens (tertiary/aromatic N) is 1. The molecule has 166 valence electrons. The van der Waals surface area contributed by atoms with Crippen LogP contribution in [0.3, 0.4) is 0 Å². The summed E-state index contributed by atoms with van der Waals surface area (Å²) < 4.78 is 0. The van der Waals surface area contributed by atoms with Crippen molar-refractivity contribution in [2.45, 2.75) is 44.2 Å². The number of ketones is 1. The number of carbonyl (C=O) groups excluding carboxylic acids is 3. The molecule has 2 fully saturated rings. The summed E-state index contributed by atoms with van der Waals surface area (Å²) in [5.41, 5.74) is 2.03. The largest absolute Gasteiger partial charge is 0.480 e. The second-order valence-electron chi connectivity index (χ2n) is 8.49. The summed E-state index contributed by atoms with van der Waals surface area (Å²) in [5, 5.41) is 11.0. The maximum Gasteiger partial charge on any atom is 0.322 e. The van der Waals surface area contributed by atoms with Crippen molar-refractivity contribution >= 4 is 23.6 Å². The molecule has 4 rings (SSSR count). The highest BCUT2D eigenvalue weighted by atomic mass is 16.4. The van der Waals surface area contributed by atoms with Gasteiger partial charge in [0.1, 0.15) is 12.1 Å². The number of carboxylic acid groups (broad SMARTS) is 1. The molecule has 0 bridgehead atoms. The second-order valence-corrected chi connectivity index (χ2v) is 8.49. The fraction of sp³-hybridized carbons (Fsp3) is 0.360. The van der Waals surface area contributed by atoms with Gasteiger partial charge in [-0.05, 0) is 29.5 Å². The Kier molecular flexibility index (Phi) is 6.08. The first kappa shape index (κ1) is 21.7. The van der Waals surface area contributed by atoms with Crippen LogP contribution in [-0.2, 0) is 25.7 Å². The molecule has 1 saturated carbocycles. The molecule has 32 heavy (non-hydrogen) atoms. The predicted octanol–water partition coefficient (Wildman–Crippen LogP) is 2.78. The van der Waals surface area contributed by atoms with Gasteiger partial charge in [-0.15, -0.1) is 0 Å². The van der Waals surface area contributed by atoms with Gasteiger partial charge < -0.3 is 15.3 Å². The molecule has 0 radical (unpaired) electrons. The Bertz CT molecular complexity index is 1030. The van der Waals surface area contributed by atoms with Gasteiger partial charge in [0.05, 0.1) is 0 Å². The molecule has 7 nitrogen and oxygen atoms in total. The van der Waals surface area contributed by atoms with E-state index in [1.807, 2.05) is 54.6 Å². The number of nitrogens with one attached hydrogen (secondary N) is 1. The summed E-state index contributed by atoms with van der Waals surface area (Å²) in [7, 11) is 0. The summed E-state index contributed by atoms with van der Waals surface area (Å²) in [6.45, 7) is -0.383. The van der Waals surface area contributed by atoms with Crippen molar-refractivity contribution in [3.63, 3.8) is 0 Å². The van der Waals surface area contributed by atoms with Crippen LogP contribution in [0.15, 0.2) is 54.6 Å². The Labute approximate surface area is 186 Å². The van der Waals surface area contributed by atoms with Gasteiger partial charge >= 0.3 is 5.97 Å². The average molecular weight is 434 g/mol. The Hall–Kier alpha value is -3.48. The molecule has 7 heteroatoms. The van der Waals surface area contributed by atoms with E-state index in [1.165, 1.54) is 0 Å². The third-order valence-corrected chi connectivity index (χ3v) is 6.51. The molecule has 2 aliphatic rings. The molecule has 1 aliphatic heterocycles. The van der Waals surface area contributed by atoms with Gasteiger partial charge in [-0.2, -0.15) is 0 Å². The number of carboxylic acids is 1. The van der Waals surface area contributed by atoms with Crippen molar-refractivity contribution in [2.24, 2.45) is 5.92 Å². The van der Waals surface area contributed by atoms with Crippen molar-refractivity contribution in [3.05, 3.63) is 60.2 Å². The molecule has 0 aromatic heterocycles. The molecule has 2 N–H and O–H groups in total. The lowest BCUT2D eigenvalue weighted by Gasteiger charge is -2.40. The summed E-state index contributed by atoms with van der Waals surface area (Å²) in [5.74, 6) is -4.46.